The number of halogens is 3. The third kappa shape index (κ3) is 2.64. The molecular weight excluding hydrogens is 279 g/mol. The van der Waals surface area contributed by atoms with Gasteiger partial charge in [0.2, 0.25) is 0 Å². The molecule has 100 valence electrons. The van der Waals surface area contributed by atoms with Crippen LogP contribution in [0.3, 0.4) is 0 Å². The highest BCUT2D eigenvalue weighted by Crippen LogP contribution is 2.36. The molecule has 1 fully saturated rings. The molecule has 0 spiro atoms. The normalized spacial score (nSPS) is 20.7. The van der Waals surface area contributed by atoms with Crippen LogP contribution < -0.4 is 5.46 Å². The van der Waals surface area contributed by atoms with E-state index in [0.717, 1.165) is 6.07 Å². The van der Waals surface area contributed by atoms with Crippen molar-refractivity contribution in [3.05, 3.63) is 23.2 Å². The lowest BCUT2D eigenvalue weighted by atomic mass is 9.80. The molecule has 0 bridgehead atoms. The van der Waals surface area contributed by atoms with Crippen molar-refractivity contribution in [1.82, 2.24) is 4.98 Å². The van der Waals surface area contributed by atoms with Crippen LogP contribution in [0.2, 0.25) is 5.15 Å². The summed E-state index contributed by atoms with van der Waals surface area (Å²) < 4.78 is 25.2. The van der Waals surface area contributed by atoms with Gasteiger partial charge < -0.3 is 9.31 Å². The number of pyridine rings is 1. The maximum atomic E-state index is 13.7. The fourth-order valence-corrected chi connectivity index (χ4v) is 1.71. The maximum Gasteiger partial charge on any atom is 0.499 e. The molecule has 0 amide bonds. The summed E-state index contributed by atoms with van der Waals surface area (Å²) in [5.74, 6) is -0.469. The van der Waals surface area contributed by atoms with Gasteiger partial charge in [-0.25, -0.2) is 9.37 Å². The lowest BCUT2D eigenvalue weighted by Crippen LogP contribution is -2.41. The minimum absolute atomic E-state index is 0. The predicted molar refractivity (Wildman–Crippen MR) is 72.2 cm³/mol. The van der Waals surface area contributed by atoms with Crippen LogP contribution in [0.15, 0.2) is 12.3 Å². The van der Waals surface area contributed by atoms with Crippen LogP contribution in [0.1, 0.15) is 27.7 Å². The second kappa shape index (κ2) is 4.97. The second-order valence-electron chi connectivity index (χ2n) is 5.12. The molecule has 18 heavy (non-hydrogen) atoms. The molecule has 1 aliphatic heterocycles. The zero-order valence-electron chi connectivity index (χ0n) is 10.7. The van der Waals surface area contributed by atoms with Crippen LogP contribution in [0.5, 0.6) is 0 Å². The lowest BCUT2D eigenvalue weighted by Gasteiger charge is -2.32. The van der Waals surface area contributed by atoms with Crippen molar-refractivity contribution >= 4 is 36.6 Å². The Morgan fingerprint density at radius 3 is 2.17 bits per heavy atom. The summed E-state index contributed by atoms with van der Waals surface area (Å²) in [5.41, 5.74) is -0.721. The highest BCUT2D eigenvalue weighted by molar-refractivity contribution is 6.62. The standard InChI is InChI=1S/C11H14BClFNO2.ClH/c1-10(2)11(3,4)17-12(16-10)7-6-15-9(13)5-8(7)14;/h5-6H,1-4H3;1H. The molecule has 3 nitrogen and oxygen atoms in total. The predicted octanol–water partition coefficient (Wildman–Crippen LogP) is 2.60. The van der Waals surface area contributed by atoms with Gasteiger partial charge in [-0.2, -0.15) is 0 Å². The fourth-order valence-electron chi connectivity index (χ4n) is 1.56. The minimum Gasteiger partial charge on any atom is -0.399 e. The Balaban J connectivity index is 0.00000162. The molecule has 0 atom stereocenters. The Kier molecular flexibility index (Phi) is 4.33. The summed E-state index contributed by atoms with van der Waals surface area (Å²) in [6.07, 6.45) is 1.35. The fraction of sp³-hybridized carbons (Fsp3) is 0.545. The summed E-state index contributed by atoms with van der Waals surface area (Å²) in [6.45, 7) is 7.64. The van der Waals surface area contributed by atoms with Crippen molar-refractivity contribution in [2.24, 2.45) is 0 Å². The average molecular weight is 294 g/mol. The Bertz CT molecular complexity index is 441. The minimum atomic E-state index is -0.746. The number of aromatic nitrogens is 1. The first kappa shape index (κ1) is 15.7. The molecular formula is C11H15BCl2FNO2. The maximum absolute atomic E-state index is 13.7. The molecule has 7 heteroatoms. The molecule has 0 saturated carbocycles. The van der Waals surface area contributed by atoms with E-state index >= 15 is 0 Å². The molecule has 0 N–H and O–H groups in total. The second-order valence-corrected chi connectivity index (χ2v) is 5.50. The first-order valence-electron chi connectivity index (χ1n) is 5.39. The summed E-state index contributed by atoms with van der Waals surface area (Å²) in [5, 5.41) is 0.114. The molecule has 1 aromatic heterocycles. The highest BCUT2D eigenvalue weighted by atomic mass is 35.5. The van der Waals surface area contributed by atoms with E-state index < -0.39 is 24.1 Å². The largest absolute Gasteiger partial charge is 0.499 e. The molecule has 0 radical (unpaired) electrons. The van der Waals surface area contributed by atoms with E-state index in [1.165, 1.54) is 6.20 Å². The van der Waals surface area contributed by atoms with Crippen molar-refractivity contribution in [2.75, 3.05) is 0 Å². The van der Waals surface area contributed by atoms with Gasteiger partial charge in [0.15, 0.2) is 0 Å². The van der Waals surface area contributed by atoms with Gasteiger partial charge in [-0.05, 0) is 27.7 Å². The van der Waals surface area contributed by atoms with Gasteiger partial charge in [0.05, 0.1) is 11.2 Å². The molecule has 1 aliphatic rings. The van der Waals surface area contributed by atoms with Crippen molar-refractivity contribution < 1.29 is 13.7 Å². The van der Waals surface area contributed by atoms with E-state index in [9.17, 15) is 4.39 Å². The van der Waals surface area contributed by atoms with E-state index in [2.05, 4.69) is 4.98 Å². The van der Waals surface area contributed by atoms with Crippen molar-refractivity contribution in [3.8, 4) is 0 Å². The number of rotatable bonds is 1. The summed E-state index contributed by atoms with van der Waals surface area (Å²) >= 11 is 5.60. The van der Waals surface area contributed by atoms with Gasteiger partial charge in [0, 0.05) is 17.7 Å². The van der Waals surface area contributed by atoms with Crippen LogP contribution in [-0.2, 0) is 9.31 Å². The molecule has 1 aromatic rings. The van der Waals surface area contributed by atoms with Gasteiger partial charge in [0.1, 0.15) is 11.0 Å². The molecule has 2 rings (SSSR count). The average Bonchev–Trinajstić information content (AvgIpc) is 2.35. The van der Waals surface area contributed by atoms with Crippen LogP contribution in [0.4, 0.5) is 4.39 Å². The van der Waals surface area contributed by atoms with Gasteiger partial charge in [-0.3, -0.25) is 0 Å². The Labute approximate surface area is 118 Å². The molecule has 0 unspecified atom stereocenters. The van der Waals surface area contributed by atoms with Crippen molar-refractivity contribution in [1.29, 1.82) is 0 Å². The number of nitrogens with zero attached hydrogens (tertiary/aromatic N) is 1. The first-order chi connectivity index (χ1) is 7.73. The van der Waals surface area contributed by atoms with Crippen LogP contribution in [0, 0.1) is 5.82 Å². The van der Waals surface area contributed by atoms with Crippen LogP contribution >= 0.6 is 24.0 Å². The third-order valence-corrected chi connectivity index (χ3v) is 3.56. The zero-order chi connectivity index (χ0) is 12.8. The van der Waals surface area contributed by atoms with E-state index in [4.69, 9.17) is 20.9 Å². The smallest absolute Gasteiger partial charge is 0.399 e. The van der Waals surface area contributed by atoms with E-state index in [1.54, 1.807) is 0 Å². The molecule has 0 aromatic carbocycles. The van der Waals surface area contributed by atoms with Gasteiger partial charge >= 0.3 is 7.12 Å². The Morgan fingerprint density at radius 1 is 1.22 bits per heavy atom. The lowest BCUT2D eigenvalue weighted by molar-refractivity contribution is 0.00578. The van der Waals surface area contributed by atoms with Gasteiger partial charge in [0.25, 0.3) is 0 Å². The number of hydrogen-bond donors (Lipinski definition) is 0. The van der Waals surface area contributed by atoms with Crippen molar-refractivity contribution in [2.45, 2.75) is 38.9 Å². The van der Waals surface area contributed by atoms with E-state index in [1.807, 2.05) is 27.7 Å². The van der Waals surface area contributed by atoms with Crippen LogP contribution in [-0.4, -0.2) is 23.3 Å². The van der Waals surface area contributed by atoms with Gasteiger partial charge in [-0.1, -0.05) is 11.6 Å². The zero-order valence-corrected chi connectivity index (χ0v) is 12.2. The van der Waals surface area contributed by atoms with E-state index in [-0.39, 0.29) is 23.0 Å². The highest BCUT2D eigenvalue weighted by Gasteiger charge is 2.52. The Morgan fingerprint density at radius 2 is 1.72 bits per heavy atom. The number of hydrogen-bond acceptors (Lipinski definition) is 3. The summed E-state index contributed by atoms with van der Waals surface area (Å²) in [7, 11) is -0.746. The molecule has 0 aliphatic carbocycles. The quantitative estimate of drug-likeness (QED) is 0.589. The van der Waals surface area contributed by atoms with Crippen molar-refractivity contribution in [3.63, 3.8) is 0 Å². The molecule has 2 heterocycles. The van der Waals surface area contributed by atoms with E-state index in [0.29, 0.717) is 0 Å². The molecule has 1 saturated heterocycles. The third-order valence-electron chi connectivity index (χ3n) is 3.36. The monoisotopic (exact) mass is 293 g/mol. The van der Waals surface area contributed by atoms with Gasteiger partial charge in [-0.15, -0.1) is 12.4 Å². The summed E-state index contributed by atoms with van der Waals surface area (Å²) in [4.78, 5) is 3.85. The topological polar surface area (TPSA) is 31.4 Å². The van der Waals surface area contributed by atoms with Crippen LogP contribution in [0.25, 0.3) is 0 Å². The Hall–Kier alpha value is -0.355. The first-order valence-corrected chi connectivity index (χ1v) is 5.77. The summed E-state index contributed by atoms with van der Waals surface area (Å²) in [6, 6.07) is 1.15. The SMILES string of the molecule is CC1(C)OB(c2cnc(Cl)cc2F)OC1(C)C.Cl.